The molecule has 1 aliphatic carbocycles. The predicted octanol–water partition coefficient (Wildman–Crippen LogP) is 2.68. The largest absolute Gasteiger partial charge is 0.452 e. The maximum absolute atomic E-state index is 12.0. The van der Waals surface area contributed by atoms with Crippen LogP contribution in [-0.4, -0.2) is 24.0 Å². The van der Waals surface area contributed by atoms with Crippen molar-refractivity contribution in [2.24, 2.45) is 0 Å². The first-order valence-corrected chi connectivity index (χ1v) is 7.76. The van der Waals surface area contributed by atoms with Gasteiger partial charge < -0.3 is 15.8 Å². The molecular weight excluding hydrogens is 341 g/mol. The number of nitrogens with one attached hydrogen (secondary N) is 1. The summed E-state index contributed by atoms with van der Waals surface area (Å²) in [6.45, 7) is -0.508. The second-order valence-corrected chi connectivity index (χ2v) is 6.22. The number of carbonyl (C=O) groups is 2. The Hall–Kier alpha value is -1.97. The number of benzene rings is 1. The maximum atomic E-state index is 12.0. The van der Waals surface area contributed by atoms with E-state index in [4.69, 9.17) is 33.7 Å². The molecule has 0 aliphatic heterocycles. The van der Waals surface area contributed by atoms with Crippen LogP contribution >= 0.6 is 23.2 Å². The quantitative estimate of drug-likeness (QED) is 0.637. The molecule has 1 fully saturated rings. The molecule has 2 rings (SSSR count). The number of anilines is 1. The highest BCUT2D eigenvalue weighted by Gasteiger charge is 2.35. The van der Waals surface area contributed by atoms with E-state index < -0.39 is 24.0 Å². The Kier molecular flexibility index (Phi) is 5.34. The molecule has 122 valence electrons. The number of hydrogen-bond acceptors (Lipinski definition) is 5. The number of nitriles is 1. The molecule has 0 aromatic heterocycles. The van der Waals surface area contributed by atoms with E-state index in [1.807, 2.05) is 0 Å². The monoisotopic (exact) mass is 355 g/mol. The average molecular weight is 356 g/mol. The van der Waals surface area contributed by atoms with Crippen molar-refractivity contribution < 1.29 is 14.3 Å². The van der Waals surface area contributed by atoms with E-state index in [0.29, 0.717) is 12.8 Å². The molecule has 0 saturated heterocycles. The van der Waals surface area contributed by atoms with Crippen molar-refractivity contribution in [3.63, 3.8) is 0 Å². The van der Waals surface area contributed by atoms with Crippen LogP contribution in [0.1, 0.15) is 36.0 Å². The van der Waals surface area contributed by atoms with Crippen molar-refractivity contribution in [1.82, 2.24) is 5.32 Å². The normalized spacial score (nSPS) is 15.7. The number of esters is 1. The third-order valence-electron chi connectivity index (χ3n) is 3.70. The summed E-state index contributed by atoms with van der Waals surface area (Å²) in [5.74, 6) is -1.34. The van der Waals surface area contributed by atoms with Gasteiger partial charge in [-0.25, -0.2) is 4.79 Å². The van der Waals surface area contributed by atoms with E-state index in [0.717, 1.165) is 12.8 Å². The minimum atomic E-state index is -0.859. The summed E-state index contributed by atoms with van der Waals surface area (Å²) in [5, 5.41) is 12.2. The van der Waals surface area contributed by atoms with E-state index >= 15 is 0 Å². The lowest BCUT2D eigenvalue weighted by atomic mass is 10.00. The van der Waals surface area contributed by atoms with Crippen molar-refractivity contribution in [2.75, 3.05) is 12.3 Å². The fourth-order valence-electron chi connectivity index (χ4n) is 2.51. The second kappa shape index (κ2) is 7.07. The number of nitrogens with two attached hydrogens (primary N) is 1. The van der Waals surface area contributed by atoms with Gasteiger partial charge in [0.15, 0.2) is 6.61 Å². The zero-order valence-corrected chi connectivity index (χ0v) is 13.7. The molecule has 23 heavy (non-hydrogen) atoms. The number of nitrogens with zero attached hydrogens (tertiary/aromatic N) is 1. The molecule has 0 spiro atoms. The number of nitrogen functional groups attached to an aromatic ring is 1. The zero-order chi connectivity index (χ0) is 17.0. The standard InChI is InChI=1S/C15H15Cl2N3O3/c16-9-5-10(13(19)11(17)6-9)14(22)23-7-12(21)20-15(8-18)3-1-2-4-15/h5-6H,1-4,7,19H2,(H,20,21). The Labute approximate surface area is 143 Å². The Morgan fingerprint density at radius 3 is 2.61 bits per heavy atom. The minimum Gasteiger partial charge on any atom is -0.452 e. The fraction of sp³-hybridized carbons (Fsp3) is 0.400. The van der Waals surface area contributed by atoms with Gasteiger partial charge in [0.1, 0.15) is 5.54 Å². The second-order valence-electron chi connectivity index (χ2n) is 5.37. The summed E-state index contributed by atoms with van der Waals surface area (Å²) in [5.41, 5.74) is 4.86. The fourth-order valence-corrected chi connectivity index (χ4v) is 3.00. The first kappa shape index (κ1) is 17.4. The minimum absolute atomic E-state index is 0.00818. The number of ether oxygens (including phenoxy) is 1. The number of halogens is 2. The van der Waals surface area contributed by atoms with Gasteiger partial charge in [-0.05, 0) is 37.8 Å². The van der Waals surface area contributed by atoms with Crippen molar-refractivity contribution in [3.05, 3.63) is 27.7 Å². The molecule has 1 aromatic carbocycles. The molecule has 0 unspecified atom stereocenters. The summed E-state index contributed by atoms with van der Waals surface area (Å²) in [4.78, 5) is 23.9. The molecule has 0 radical (unpaired) electrons. The van der Waals surface area contributed by atoms with E-state index in [1.54, 1.807) is 0 Å². The van der Waals surface area contributed by atoms with Gasteiger partial charge in [-0.2, -0.15) is 5.26 Å². The third kappa shape index (κ3) is 4.06. The summed E-state index contributed by atoms with van der Waals surface area (Å²) < 4.78 is 4.92. The first-order valence-electron chi connectivity index (χ1n) is 7.01. The Morgan fingerprint density at radius 1 is 1.35 bits per heavy atom. The average Bonchev–Trinajstić information content (AvgIpc) is 2.97. The van der Waals surface area contributed by atoms with E-state index in [9.17, 15) is 14.9 Å². The highest BCUT2D eigenvalue weighted by Crippen LogP contribution is 2.29. The Balaban J connectivity index is 1.97. The topological polar surface area (TPSA) is 105 Å². The predicted molar refractivity (Wildman–Crippen MR) is 86.1 cm³/mol. The lowest BCUT2D eigenvalue weighted by molar-refractivity contribution is -0.125. The van der Waals surface area contributed by atoms with Crippen LogP contribution in [-0.2, 0) is 9.53 Å². The first-order chi connectivity index (χ1) is 10.9. The lowest BCUT2D eigenvalue weighted by Crippen LogP contribution is -2.46. The highest BCUT2D eigenvalue weighted by molar-refractivity contribution is 6.37. The van der Waals surface area contributed by atoms with Gasteiger partial charge in [0, 0.05) is 5.02 Å². The van der Waals surface area contributed by atoms with Crippen LogP contribution in [0, 0.1) is 11.3 Å². The molecule has 1 aromatic rings. The molecule has 3 N–H and O–H groups in total. The maximum Gasteiger partial charge on any atom is 0.340 e. The molecular formula is C15H15Cl2N3O3. The van der Waals surface area contributed by atoms with E-state index in [1.165, 1.54) is 12.1 Å². The molecule has 0 heterocycles. The van der Waals surface area contributed by atoms with Gasteiger partial charge >= 0.3 is 5.97 Å². The van der Waals surface area contributed by atoms with Crippen LogP contribution in [0.15, 0.2) is 12.1 Å². The van der Waals surface area contributed by atoms with Crippen molar-refractivity contribution in [3.8, 4) is 6.07 Å². The van der Waals surface area contributed by atoms with Gasteiger partial charge in [0.2, 0.25) is 0 Å². The van der Waals surface area contributed by atoms with Gasteiger partial charge in [-0.15, -0.1) is 0 Å². The van der Waals surface area contributed by atoms with Crippen molar-refractivity contribution >= 4 is 40.8 Å². The molecule has 8 heteroatoms. The summed E-state index contributed by atoms with van der Waals surface area (Å²) in [6, 6.07) is 4.84. The number of hydrogen-bond donors (Lipinski definition) is 2. The van der Waals surface area contributed by atoms with Gasteiger partial charge in [-0.1, -0.05) is 23.2 Å². The number of carbonyl (C=O) groups excluding carboxylic acids is 2. The van der Waals surface area contributed by atoms with Crippen LogP contribution in [0.3, 0.4) is 0 Å². The zero-order valence-electron chi connectivity index (χ0n) is 12.2. The molecule has 0 bridgehead atoms. The van der Waals surface area contributed by atoms with Gasteiger partial charge in [-0.3, -0.25) is 4.79 Å². The van der Waals surface area contributed by atoms with E-state index in [2.05, 4.69) is 11.4 Å². The molecule has 1 saturated carbocycles. The molecule has 1 aliphatic rings. The molecule has 6 nitrogen and oxygen atoms in total. The molecule has 0 atom stereocenters. The van der Waals surface area contributed by atoms with Gasteiger partial charge in [0.25, 0.3) is 5.91 Å². The Morgan fingerprint density at radius 2 is 2.00 bits per heavy atom. The lowest BCUT2D eigenvalue weighted by Gasteiger charge is -2.21. The van der Waals surface area contributed by atoms with Gasteiger partial charge in [0.05, 0.1) is 22.3 Å². The third-order valence-corrected chi connectivity index (χ3v) is 4.23. The van der Waals surface area contributed by atoms with E-state index in [-0.39, 0.29) is 21.3 Å². The summed E-state index contributed by atoms with van der Waals surface area (Å²) in [7, 11) is 0. The van der Waals surface area contributed by atoms with Crippen LogP contribution in [0.2, 0.25) is 10.0 Å². The van der Waals surface area contributed by atoms with Crippen LogP contribution in [0.4, 0.5) is 5.69 Å². The molecule has 1 amide bonds. The number of rotatable bonds is 4. The highest BCUT2D eigenvalue weighted by atomic mass is 35.5. The smallest absolute Gasteiger partial charge is 0.340 e. The summed E-state index contributed by atoms with van der Waals surface area (Å²) in [6.07, 6.45) is 2.95. The van der Waals surface area contributed by atoms with Crippen molar-refractivity contribution in [1.29, 1.82) is 5.26 Å². The van der Waals surface area contributed by atoms with Crippen molar-refractivity contribution in [2.45, 2.75) is 31.2 Å². The SMILES string of the molecule is N#CC1(NC(=O)COC(=O)c2cc(Cl)cc(Cl)c2N)CCCC1. The Bertz CT molecular complexity index is 679. The van der Waals surface area contributed by atoms with Crippen LogP contribution in [0.5, 0.6) is 0 Å². The number of amides is 1. The van der Waals surface area contributed by atoms with Crippen LogP contribution < -0.4 is 11.1 Å². The summed E-state index contributed by atoms with van der Waals surface area (Å²) >= 11 is 11.7. The van der Waals surface area contributed by atoms with Crippen LogP contribution in [0.25, 0.3) is 0 Å².